The van der Waals surface area contributed by atoms with E-state index in [4.69, 9.17) is 0 Å². The minimum absolute atomic E-state index is 0.0437. The Morgan fingerprint density at radius 2 is 1.40 bits per heavy atom. The first-order valence-electron chi connectivity index (χ1n) is 9.74. The summed E-state index contributed by atoms with van der Waals surface area (Å²) < 4.78 is 0. The van der Waals surface area contributed by atoms with E-state index in [9.17, 15) is 14.4 Å². The molecule has 2 amide bonds. The molecule has 0 spiro atoms. The maximum Gasteiger partial charge on any atom is 0.239 e. The highest BCUT2D eigenvalue weighted by Gasteiger charge is 2.05. The molecule has 0 aromatic heterocycles. The lowest BCUT2D eigenvalue weighted by molar-refractivity contribution is -0.126. The largest absolute Gasteiger partial charge is 0.355 e. The standard InChI is InChI=1S/C19H37N3O3/c1-4-17(23)11-7-5-10-14-21-19(25)15-22-18(24)12-8-6-9-13-20-16(2)3/h16,20H,4-15H2,1-3H3,(H,21,25)(H,22,24). The molecule has 3 N–H and O–H groups in total. The third-order valence-electron chi connectivity index (χ3n) is 3.93. The van der Waals surface area contributed by atoms with Crippen molar-refractivity contribution in [2.24, 2.45) is 0 Å². The summed E-state index contributed by atoms with van der Waals surface area (Å²) in [5, 5.41) is 8.79. The van der Waals surface area contributed by atoms with Gasteiger partial charge >= 0.3 is 0 Å². The van der Waals surface area contributed by atoms with E-state index in [2.05, 4.69) is 29.8 Å². The van der Waals surface area contributed by atoms with Gasteiger partial charge in [-0.05, 0) is 32.2 Å². The van der Waals surface area contributed by atoms with Crippen LogP contribution in [0.5, 0.6) is 0 Å². The lowest BCUT2D eigenvalue weighted by atomic mass is 10.1. The number of carbonyl (C=O) groups excluding carboxylic acids is 3. The van der Waals surface area contributed by atoms with Crippen molar-refractivity contribution < 1.29 is 14.4 Å². The molecule has 0 unspecified atom stereocenters. The molecular weight excluding hydrogens is 318 g/mol. The first kappa shape index (κ1) is 23.6. The smallest absolute Gasteiger partial charge is 0.239 e. The summed E-state index contributed by atoms with van der Waals surface area (Å²) in [4.78, 5) is 34.4. The van der Waals surface area contributed by atoms with Crippen molar-refractivity contribution in [1.82, 2.24) is 16.0 Å². The van der Waals surface area contributed by atoms with E-state index in [1.54, 1.807) is 0 Å². The third kappa shape index (κ3) is 17.2. The van der Waals surface area contributed by atoms with Gasteiger partial charge in [0.2, 0.25) is 11.8 Å². The molecular formula is C19H37N3O3. The van der Waals surface area contributed by atoms with Crippen molar-refractivity contribution in [2.45, 2.75) is 84.6 Å². The quantitative estimate of drug-likeness (QED) is 0.371. The van der Waals surface area contributed by atoms with Crippen LogP contribution in [0.15, 0.2) is 0 Å². The number of hydrogen-bond donors (Lipinski definition) is 3. The van der Waals surface area contributed by atoms with E-state index in [1.165, 1.54) is 0 Å². The second-order valence-corrected chi connectivity index (χ2v) is 6.75. The predicted molar refractivity (Wildman–Crippen MR) is 101 cm³/mol. The van der Waals surface area contributed by atoms with Crippen LogP contribution in [0.3, 0.4) is 0 Å². The summed E-state index contributed by atoms with van der Waals surface area (Å²) in [6, 6.07) is 0.501. The zero-order chi connectivity index (χ0) is 18.9. The third-order valence-corrected chi connectivity index (χ3v) is 3.93. The number of rotatable bonds is 16. The van der Waals surface area contributed by atoms with Gasteiger partial charge in [-0.25, -0.2) is 0 Å². The number of amides is 2. The van der Waals surface area contributed by atoms with Crippen LogP contribution in [-0.4, -0.2) is 43.3 Å². The minimum atomic E-state index is -0.154. The van der Waals surface area contributed by atoms with E-state index in [0.717, 1.165) is 45.1 Å². The van der Waals surface area contributed by atoms with Crippen molar-refractivity contribution in [1.29, 1.82) is 0 Å². The molecule has 0 atom stereocenters. The van der Waals surface area contributed by atoms with E-state index in [-0.39, 0.29) is 18.4 Å². The van der Waals surface area contributed by atoms with E-state index in [0.29, 0.717) is 37.6 Å². The molecule has 0 radical (unpaired) electrons. The molecule has 0 bridgehead atoms. The lowest BCUT2D eigenvalue weighted by Crippen LogP contribution is -2.37. The van der Waals surface area contributed by atoms with Crippen LogP contribution in [0.1, 0.15) is 78.6 Å². The van der Waals surface area contributed by atoms with E-state index >= 15 is 0 Å². The van der Waals surface area contributed by atoms with Crippen LogP contribution >= 0.6 is 0 Å². The molecule has 0 aliphatic rings. The Hall–Kier alpha value is -1.43. The van der Waals surface area contributed by atoms with Crippen LogP contribution in [-0.2, 0) is 14.4 Å². The van der Waals surface area contributed by atoms with Crippen LogP contribution in [0, 0.1) is 0 Å². The molecule has 0 aromatic rings. The van der Waals surface area contributed by atoms with Crippen LogP contribution in [0.4, 0.5) is 0 Å². The van der Waals surface area contributed by atoms with Gasteiger partial charge in [0.15, 0.2) is 0 Å². The summed E-state index contributed by atoms with van der Waals surface area (Å²) in [6.45, 7) is 7.73. The van der Waals surface area contributed by atoms with Crippen LogP contribution < -0.4 is 16.0 Å². The molecule has 0 heterocycles. The topological polar surface area (TPSA) is 87.3 Å². The zero-order valence-corrected chi connectivity index (χ0v) is 16.3. The average Bonchev–Trinajstić information content (AvgIpc) is 2.58. The van der Waals surface area contributed by atoms with Gasteiger partial charge < -0.3 is 16.0 Å². The molecule has 0 rings (SSSR count). The molecule has 0 aromatic carbocycles. The number of unbranched alkanes of at least 4 members (excludes halogenated alkanes) is 4. The van der Waals surface area contributed by atoms with Crippen molar-refractivity contribution in [3.8, 4) is 0 Å². The molecule has 0 aliphatic carbocycles. The molecule has 6 nitrogen and oxygen atoms in total. The number of ketones is 1. The molecule has 25 heavy (non-hydrogen) atoms. The maximum absolute atomic E-state index is 11.7. The van der Waals surface area contributed by atoms with Gasteiger partial charge in [0.25, 0.3) is 0 Å². The minimum Gasteiger partial charge on any atom is -0.355 e. The predicted octanol–water partition coefficient (Wildman–Crippen LogP) is 2.32. The fourth-order valence-electron chi connectivity index (χ4n) is 2.34. The second-order valence-electron chi connectivity index (χ2n) is 6.75. The van der Waals surface area contributed by atoms with Crippen molar-refractivity contribution in [2.75, 3.05) is 19.6 Å². The zero-order valence-electron chi connectivity index (χ0n) is 16.3. The number of Topliss-reactive ketones (excluding diaryl/α,β-unsaturated/α-hetero) is 1. The van der Waals surface area contributed by atoms with Gasteiger partial charge in [0.1, 0.15) is 5.78 Å². The fraction of sp³-hybridized carbons (Fsp3) is 0.842. The van der Waals surface area contributed by atoms with Crippen molar-refractivity contribution >= 4 is 17.6 Å². The number of nitrogens with one attached hydrogen (secondary N) is 3. The van der Waals surface area contributed by atoms with Gasteiger partial charge in [-0.15, -0.1) is 0 Å². The second kappa shape index (κ2) is 16.1. The average molecular weight is 356 g/mol. The van der Waals surface area contributed by atoms with Crippen molar-refractivity contribution in [3.63, 3.8) is 0 Å². The summed E-state index contributed by atoms with van der Waals surface area (Å²) in [5.74, 6) is 0.0760. The van der Waals surface area contributed by atoms with Crippen LogP contribution in [0.2, 0.25) is 0 Å². The monoisotopic (exact) mass is 355 g/mol. The van der Waals surface area contributed by atoms with E-state index in [1.807, 2.05) is 6.92 Å². The maximum atomic E-state index is 11.7. The van der Waals surface area contributed by atoms with Gasteiger partial charge in [-0.3, -0.25) is 14.4 Å². The summed E-state index contributed by atoms with van der Waals surface area (Å²) in [7, 11) is 0. The SMILES string of the molecule is CCC(=O)CCCCCNC(=O)CNC(=O)CCCCCNC(C)C. The first-order chi connectivity index (χ1) is 12.0. The van der Waals surface area contributed by atoms with Gasteiger partial charge in [0.05, 0.1) is 6.54 Å². The summed E-state index contributed by atoms with van der Waals surface area (Å²) >= 11 is 0. The van der Waals surface area contributed by atoms with Gasteiger partial charge in [0, 0.05) is 31.8 Å². The highest BCUT2D eigenvalue weighted by molar-refractivity contribution is 5.84. The van der Waals surface area contributed by atoms with E-state index < -0.39 is 0 Å². The molecule has 0 fully saturated rings. The number of carbonyl (C=O) groups is 3. The Morgan fingerprint density at radius 1 is 0.760 bits per heavy atom. The Labute approximate surface area is 152 Å². The fourth-order valence-corrected chi connectivity index (χ4v) is 2.34. The Morgan fingerprint density at radius 3 is 2.04 bits per heavy atom. The molecule has 0 saturated heterocycles. The number of hydrogen-bond acceptors (Lipinski definition) is 4. The van der Waals surface area contributed by atoms with Gasteiger partial charge in [-0.2, -0.15) is 0 Å². The Bertz CT molecular complexity index is 384. The van der Waals surface area contributed by atoms with Crippen molar-refractivity contribution in [3.05, 3.63) is 0 Å². The van der Waals surface area contributed by atoms with Crippen LogP contribution in [0.25, 0.3) is 0 Å². The van der Waals surface area contributed by atoms with Gasteiger partial charge in [-0.1, -0.05) is 33.6 Å². The molecule has 0 aliphatic heterocycles. The molecule has 6 heteroatoms. The highest BCUT2D eigenvalue weighted by Crippen LogP contribution is 2.01. The lowest BCUT2D eigenvalue weighted by Gasteiger charge is -2.08. The Balaban J connectivity index is 3.43. The first-order valence-corrected chi connectivity index (χ1v) is 9.74. The molecule has 0 saturated carbocycles. The normalized spacial score (nSPS) is 10.7. The summed E-state index contributed by atoms with van der Waals surface area (Å²) in [5.41, 5.74) is 0. The summed E-state index contributed by atoms with van der Waals surface area (Å²) in [6.07, 6.45) is 7.32. The highest BCUT2D eigenvalue weighted by atomic mass is 16.2. The molecule has 146 valence electrons. The Kier molecular flexibility index (Phi) is 15.1.